The first kappa shape index (κ1) is 25.1. The number of benzene rings is 2. The second kappa shape index (κ2) is 13.3. The van der Waals surface area contributed by atoms with Crippen molar-refractivity contribution in [3.8, 4) is 11.5 Å². The van der Waals surface area contributed by atoms with E-state index < -0.39 is 0 Å². The van der Waals surface area contributed by atoms with Crippen LogP contribution in [0.15, 0.2) is 46.9 Å². The molecule has 0 saturated heterocycles. The number of hydrogen-bond acceptors (Lipinski definition) is 5. The monoisotopic (exact) mass is 508 g/mol. The van der Waals surface area contributed by atoms with Gasteiger partial charge in [0.1, 0.15) is 18.1 Å². The van der Waals surface area contributed by atoms with Crippen LogP contribution in [0.3, 0.4) is 0 Å². The third-order valence-electron chi connectivity index (χ3n) is 4.18. The number of carbonyl (C=O) groups is 1. The topological polar surface area (TPSA) is 68.8 Å². The van der Waals surface area contributed by atoms with E-state index in [2.05, 4.69) is 40.4 Å². The van der Waals surface area contributed by atoms with Crippen molar-refractivity contribution in [2.45, 2.75) is 27.2 Å². The van der Waals surface area contributed by atoms with Crippen LogP contribution in [0.1, 0.15) is 37.6 Å². The molecule has 2 N–H and O–H groups in total. The number of hydrogen-bond donors (Lipinski definition) is 2. The summed E-state index contributed by atoms with van der Waals surface area (Å²) >= 11 is 8.70. The minimum Gasteiger partial charge on any atom is -0.493 e. The molecule has 2 aromatic rings. The van der Waals surface area contributed by atoms with Gasteiger partial charge in [0.15, 0.2) is 5.11 Å². The summed E-state index contributed by atoms with van der Waals surface area (Å²) in [6, 6.07) is 12.6. The average molecular weight is 509 g/mol. The standard InChI is InChI=1S/C23H29BrN2O4S/c1-4-28-13-14-29-19-8-6-18(7-9-19)25-23(31)26-22(27)20-15-17(24)5-10-21(20)30-12-11-16(2)3/h5-10,15-16H,4,11-14H2,1-3H3,(H2,25,26,27,31). The SMILES string of the molecule is CCOCCOc1ccc(NC(=S)NC(=O)c2cc(Br)ccc2OCCC(C)C)cc1. The molecule has 2 aromatic carbocycles. The van der Waals surface area contributed by atoms with Gasteiger partial charge >= 0.3 is 0 Å². The number of halogens is 1. The summed E-state index contributed by atoms with van der Waals surface area (Å²) in [5.74, 6) is 1.44. The molecule has 0 unspecified atom stereocenters. The van der Waals surface area contributed by atoms with Crippen molar-refractivity contribution in [2.75, 3.05) is 31.7 Å². The van der Waals surface area contributed by atoms with Crippen LogP contribution in [-0.2, 0) is 4.74 Å². The van der Waals surface area contributed by atoms with Gasteiger partial charge in [-0.3, -0.25) is 10.1 Å². The van der Waals surface area contributed by atoms with E-state index in [1.54, 1.807) is 12.1 Å². The average Bonchev–Trinajstić information content (AvgIpc) is 2.73. The van der Waals surface area contributed by atoms with E-state index in [1.165, 1.54) is 0 Å². The Morgan fingerprint density at radius 2 is 1.81 bits per heavy atom. The number of rotatable bonds is 11. The Hall–Kier alpha value is -2.16. The molecule has 0 fully saturated rings. The van der Waals surface area contributed by atoms with Gasteiger partial charge in [-0.25, -0.2) is 0 Å². The highest BCUT2D eigenvalue weighted by Gasteiger charge is 2.15. The largest absolute Gasteiger partial charge is 0.493 e. The lowest BCUT2D eigenvalue weighted by Crippen LogP contribution is -2.34. The second-order valence-electron chi connectivity index (χ2n) is 7.15. The zero-order valence-electron chi connectivity index (χ0n) is 18.1. The Bertz CT molecular complexity index is 859. The smallest absolute Gasteiger partial charge is 0.261 e. The minimum atomic E-state index is -0.339. The maximum Gasteiger partial charge on any atom is 0.261 e. The Morgan fingerprint density at radius 1 is 1.06 bits per heavy atom. The van der Waals surface area contributed by atoms with Crippen molar-refractivity contribution in [3.05, 3.63) is 52.5 Å². The zero-order chi connectivity index (χ0) is 22.6. The van der Waals surface area contributed by atoms with Crippen molar-refractivity contribution in [2.24, 2.45) is 5.92 Å². The highest BCUT2D eigenvalue weighted by molar-refractivity contribution is 9.10. The van der Waals surface area contributed by atoms with Crippen LogP contribution < -0.4 is 20.1 Å². The molecule has 0 aliphatic carbocycles. The van der Waals surface area contributed by atoms with Crippen LogP contribution in [-0.4, -0.2) is 37.4 Å². The molecule has 168 valence electrons. The summed E-state index contributed by atoms with van der Waals surface area (Å²) in [4.78, 5) is 12.8. The molecule has 0 atom stereocenters. The molecule has 0 aliphatic heterocycles. The van der Waals surface area contributed by atoms with E-state index in [-0.39, 0.29) is 11.0 Å². The lowest BCUT2D eigenvalue weighted by Gasteiger charge is -2.14. The second-order valence-corrected chi connectivity index (χ2v) is 8.47. The number of nitrogens with one attached hydrogen (secondary N) is 2. The van der Waals surface area contributed by atoms with E-state index in [9.17, 15) is 4.79 Å². The third kappa shape index (κ3) is 9.25. The normalized spacial score (nSPS) is 10.6. The quantitative estimate of drug-likeness (QED) is 0.312. The fraction of sp³-hybridized carbons (Fsp3) is 0.391. The molecular formula is C23H29BrN2O4S. The minimum absolute atomic E-state index is 0.197. The molecule has 31 heavy (non-hydrogen) atoms. The highest BCUT2D eigenvalue weighted by atomic mass is 79.9. The molecule has 0 radical (unpaired) electrons. The van der Waals surface area contributed by atoms with Gasteiger partial charge in [0, 0.05) is 16.8 Å². The fourth-order valence-corrected chi connectivity index (χ4v) is 3.11. The van der Waals surface area contributed by atoms with E-state index in [4.69, 9.17) is 26.4 Å². The van der Waals surface area contributed by atoms with Crippen molar-refractivity contribution in [1.29, 1.82) is 0 Å². The van der Waals surface area contributed by atoms with Gasteiger partial charge in [0.05, 0.1) is 18.8 Å². The lowest BCUT2D eigenvalue weighted by molar-refractivity contribution is 0.0973. The van der Waals surface area contributed by atoms with E-state index >= 15 is 0 Å². The van der Waals surface area contributed by atoms with Gasteiger partial charge in [-0.2, -0.15) is 0 Å². The molecular weight excluding hydrogens is 480 g/mol. The summed E-state index contributed by atoms with van der Waals surface area (Å²) in [7, 11) is 0. The predicted molar refractivity (Wildman–Crippen MR) is 131 cm³/mol. The van der Waals surface area contributed by atoms with Gasteiger partial charge in [0.25, 0.3) is 5.91 Å². The number of ether oxygens (including phenoxy) is 3. The Morgan fingerprint density at radius 3 is 2.48 bits per heavy atom. The number of carbonyl (C=O) groups excluding carboxylic acids is 1. The van der Waals surface area contributed by atoms with E-state index in [0.29, 0.717) is 43.7 Å². The maximum absolute atomic E-state index is 12.8. The van der Waals surface area contributed by atoms with Crippen LogP contribution in [0.2, 0.25) is 0 Å². The molecule has 0 saturated carbocycles. The van der Waals surface area contributed by atoms with Crippen LogP contribution in [0.5, 0.6) is 11.5 Å². The molecule has 0 heterocycles. The molecule has 6 nitrogen and oxygen atoms in total. The molecule has 0 aromatic heterocycles. The fourth-order valence-electron chi connectivity index (χ4n) is 2.54. The Balaban J connectivity index is 1.92. The van der Waals surface area contributed by atoms with Crippen LogP contribution >= 0.6 is 28.1 Å². The van der Waals surface area contributed by atoms with E-state index in [0.717, 1.165) is 22.3 Å². The summed E-state index contributed by atoms with van der Waals surface area (Å²) in [6.07, 6.45) is 0.905. The molecule has 1 amide bonds. The van der Waals surface area contributed by atoms with Crippen molar-refractivity contribution in [3.63, 3.8) is 0 Å². The highest BCUT2D eigenvalue weighted by Crippen LogP contribution is 2.24. The first-order valence-electron chi connectivity index (χ1n) is 10.2. The first-order valence-corrected chi connectivity index (χ1v) is 11.4. The number of thiocarbonyl (C=S) groups is 1. The van der Waals surface area contributed by atoms with Crippen LogP contribution in [0.25, 0.3) is 0 Å². The summed E-state index contributed by atoms with van der Waals surface area (Å²) in [5, 5.41) is 5.91. The van der Waals surface area contributed by atoms with Gasteiger partial charge in [-0.15, -0.1) is 0 Å². The summed E-state index contributed by atoms with van der Waals surface area (Å²) in [6.45, 7) is 8.45. The maximum atomic E-state index is 12.8. The molecule has 0 aliphatic rings. The van der Waals surface area contributed by atoms with Gasteiger partial charge in [-0.1, -0.05) is 29.8 Å². The van der Waals surface area contributed by atoms with Crippen molar-refractivity contribution >= 4 is 44.9 Å². The first-order chi connectivity index (χ1) is 14.9. The summed E-state index contributed by atoms with van der Waals surface area (Å²) < 4.78 is 17.4. The Kier molecular flexibility index (Phi) is 10.8. The van der Waals surface area contributed by atoms with Gasteiger partial charge < -0.3 is 19.5 Å². The molecule has 2 rings (SSSR count). The van der Waals surface area contributed by atoms with Crippen LogP contribution in [0, 0.1) is 5.92 Å². The third-order valence-corrected chi connectivity index (χ3v) is 4.88. The zero-order valence-corrected chi connectivity index (χ0v) is 20.5. The molecule has 0 spiro atoms. The Labute approximate surface area is 197 Å². The van der Waals surface area contributed by atoms with Crippen molar-refractivity contribution < 1.29 is 19.0 Å². The lowest BCUT2D eigenvalue weighted by atomic mass is 10.1. The summed E-state index contributed by atoms with van der Waals surface area (Å²) in [5.41, 5.74) is 1.16. The van der Waals surface area contributed by atoms with Gasteiger partial charge in [-0.05, 0) is 73.9 Å². The van der Waals surface area contributed by atoms with Crippen molar-refractivity contribution in [1.82, 2.24) is 5.32 Å². The molecule has 0 bridgehead atoms. The number of anilines is 1. The number of amides is 1. The van der Waals surface area contributed by atoms with E-state index in [1.807, 2.05) is 37.3 Å². The van der Waals surface area contributed by atoms with Crippen LogP contribution in [0.4, 0.5) is 5.69 Å². The molecule has 8 heteroatoms. The van der Waals surface area contributed by atoms with Gasteiger partial charge in [0.2, 0.25) is 0 Å². The predicted octanol–water partition coefficient (Wildman–Crippen LogP) is 5.42.